The fourth-order valence-corrected chi connectivity index (χ4v) is 2.67. The van der Waals surface area contributed by atoms with Crippen molar-refractivity contribution in [3.63, 3.8) is 0 Å². The maximum absolute atomic E-state index is 12.4. The van der Waals surface area contributed by atoms with Crippen LogP contribution >= 0.6 is 11.6 Å². The first-order valence-corrected chi connectivity index (χ1v) is 8.69. The summed E-state index contributed by atoms with van der Waals surface area (Å²) in [5.41, 5.74) is 4.43. The summed E-state index contributed by atoms with van der Waals surface area (Å²) < 4.78 is 0. The lowest BCUT2D eigenvalue weighted by atomic mass is 10.0. The van der Waals surface area contributed by atoms with E-state index in [1.807, 2.05) is 49.4 Å². The van der Waals surface area contributed by atoms with Gasteiger partial charge in [-0.05, 0) is 30.7 Å². The van der Waals surface area contributed by atoms with Crippen LogP contribution in [0, 0.1) is 18.3 Å². The zero-order chi connectivity index (χ0) is 19.2. The van der Waals surface area contributed by atoms with E-state index in [0.29, 0.717) is 17.1 Å². The molecule has 2 aromatic carbocycles. The molecule has 0 unspecified atom stereocenters. The van der Waals surface area contributed by atoms with Gasteiger partial charge in [0.05, 0.1) is 11.9 Å². The van der Waals surface area contributed by atoms with Gasteiger partial charge in [0.15, 0.2) is 0 Å². The number of amides is 1. The number of carbonyl (C=O) groups excluding carboxylic acids is 1. The molecule has 6 heteroatoms. The Bertz CT molecular complexity index is 1010. The topological polar surface area (TPSA) is 81.6 Å². The van der Waals surface area contributed by atoms with Crippen LogP contribution in [0.15, 0.2) is 60.3 Å². The van der Waals surface area contributed by atoms with Gasteiger partial charge < -0.3 is 5.32 Å². The van der Waals surface area contributed by atoms with Crippen molar-refractivity contribution in [1.82, 2.24) is 15.5 Å². The van der Waals surface area contributed by atoms with Crippen LogP contribution < -0.4 is 5.32 Å². The van der Waals surface area contributed by atoms with Crippen LogP contribution in [0.3, 0.4) is 0 Å². The number of nitrogens with zero attached hydrogens (tertiary/aromatic N) is 2. The summed E-state index contributed by atoms with van der Waals surface area (Å²) in [5, 5.41) is 19.7. The second kappa shape index (κ2) is 8.35. The number of aromatic nitrogens is 2. The summed E-state index contributed by atoms with van der Waals surface area (Å²) in [6.45, 7) is 2.32. The Morgan fingerprint density at radius 1 is 1.22 bits per heavy atom. The average molecular weight is 377 g/mol. The summed E-state index contributed by atoms with van der Waals surface area (Å²) in [6.07, 6.45) is 3.13. The van der Waals surface area contributed by atoms with Crippen LogP contribution in [0.1, 0.15) is 16.7 Å². The number of hydrogen-bond donors (Lipinski definition) is 2. The number of carbonyl (C=O) groups is 1. The quantitative estimate of drug-likeness (QED) is 0.515. The number of hydrogen-bond acceptors (Lipinski definition) is 3. The molecule has 1 aromatic heterocycles. The fourth-order valence-electron chi connectivity index (χ4n) is 2.54. The fraction of sp³-hybridized carbons (Fsp3) is 0.0952. The van der Waals surface area contributed by atoms with Crippen LogP contribution in [-0.2, 0) is 11.3 Å². The molecule has 27 heavy (non-hydrogen) atoms. The van der Waals surface area contributed by atoms with E-state index in [1.165, 1.54) is 6.08 Å². The minimum atomic E-state index is -0.441. The Morgan fingerprint density at radius 2 is 1.93 bits per heavy atom. The van der Waals surface area contributed by atoms with E-state index in [1.54, 1.807) is 18.3 Å². The first-order chi connectivity index (χ1) is 13.1. The first kappa shape index (κ1) is 18.4. The lowest BCUT2D eigenvalue weighted by Crippen LogP contribution is -2.23. The molecule has 0 spiro atoms. The molecule has 2 N–H and O–H groups in total. The highest BCUT2D eigenvalue weighted by Crippen LogP contribution is 2.23. The zero-order valence-electron chi connectivity index (χ0n) is 14.7. The Labute approximate surface area is 162 Å². The summed E-state index contributed by atoms with van der Waals surface area (Å²) in [5.74, 6) is -0.441. The van der Waals surface area contributed by atoms with E-state index in [2.05, 4.69) is 15.5 Å². The number of H-pyrrole nitrogens is 1. The molecule has 5 nitrogen and oxygen atoms in total. The van der Waals surface area contributed by atoms with E-state index in [0.717, 1.165) is 22.4 Å². The van der Waals surface area contributed by atoms with E-state index in [-0.39, 0.29) is 5.57 Å². The van der Waals surface area contributed by atoms with Crippen molar-refractivity contribution in [3.8, 4) is 17.3 Å². The maximum atomic E-state index is 12.4. The summed E-state index contributed by atoms with van der Waals surface area (Å²) in [4.78, 5) is 12.4. The smallest absolute Gasteiger partial charge is 0.262 e. The highest BCUT2D eigenvalue weighted by atomic mass is 35.5. The summed E-state index contributed by atoms with van der Waals surface area (Å²) in [7, 11) is 0. The van der Waals surface area contributed by atoms with Crippen molar-refractivity contribution in [1.29, 1.82) is 5.26 Å². The van der Waals surface area contributed by atoms with Crippen molar-refractivity contribution in [2.75, 3.05) is 0 Å². The van der Waals surface area contributed by atoms with Crippen molar-refractivity contribution >= 4 is 23.6 Å². The number of rotatable bonds is 5. The molecule has 134 valence electrons. The molecule has 0 atom stereocenters. The Kier molecular flexibility index (Phi) is 5.70. The maximum Gasteiger partial charge on any atom is 0.262 e. The third-order valence-corrected chi connectivity index (χ3v) is 4.29. The van der Waals surface area contributed by atoms with Gasteiger partial charge >= 0.3 is 0 Å². The molecule has 0 bridgehead atoms. The molecule has 1 heterocycles. The molecule has 0 aliphatic heterocycles. The number of nitriles is 1. The lowest BCUT2D eigenvalue weighted by molar-refractivity contribution is -0.117. The highest BCUT2D eigenvalue weighted by Gasteiger charge is 2.12. The zero-order valence-corrected chi connectivity index (χ0v) is 15.4. The third kappa shape index (κ3) is 4.63. The second-order valence-corrected chi connectivity index (χ2v) is 6.48. The molecule has 0 aliphatic carbocycles. The van der Waals surface area contributed by atoms with Gasteiger partial charge in [-0.1, -0.05) is 53.6 Å². The van der Waals surface area contributed by atoms with E-state index in [4.69, 9.17) is 11.6 Å². The largest absolute Gasteiger partial charge is 0.347 e. The highest BCUT2D eigenvalue weighted by molar-refractivity contribution is 6.30. The predicted molar refractivity (Wildman–Crippen MR) is 106 cm³/mol. The van der Waals surface area contributed by atoms with Crippen LogP contribution in [0.5, 0.6) is 0 Å². The van der Waals surface area contributed by atoms with Gasteiger partial charge in [-0.15, -0.1) is 0 Å². The van der Waals surface area contributed by atoms with Gasteiger partial charge in [0.1, 0.15) is 11.6 Å². The van der Waals surface area contributed by atoms with Gasteiger partial charge in [0.25, 0.3) is 5.91 Å². The summed E-state index contributed by atoms with van der Waals surface area (Å²) in [6, 6.07) is 17.0. The molecular formula is C21H17ClN4O. The van der Waals surface area contributed by atoms with Crippen molar-refractivity contribution < 1.29 is 4.79 Å². The van der Waals surface area contributed by atoms with E-state index in [9.17, 15) is 10.1 Å². The number of nitrogens with one attached hydrogen (secondary N) is 2. The summed E-state index contributed by atoms with van der Waals surface area (Å²) >= 11 is 5.85. The van der Waals surface area contributed by atoms with E-state index < -0.39 is 5.91 Å². The van der Waals surface area contributed by atoms with Gasteiger partial charge in [0, 0.05) is 22.7 Å². The molecule has 0 aliphatic rings. The van der Waals surface area contributed by atoms with Gasteiger partial charge in [-0.3, -0.25) is 9.89 Å². The Hall–Kier alpha value is -3.36. The Morgan fingerprint density at radius 3 is 2.59 bits per heavy atom. The molecule has 3 aromatic rings. The average Bonchev–Trinajstić information content (AvgIpc) is 3.14. The molecule has 0 saturated carbocycles. The number of benzene rings is 2. The monoisotopic (exact) mass is 376 g/mol. The number of halogens is 1. The molecule has 3 rings (SSSR count). The molecule has 0 saturated heterocycles. The molecular weight excluding hydrogens is 360 g/mol. The van der Waals surface area contributed by atoms with Crippen LogP contribution in [0.2, 0.25) is 5.02 Å². The normalized spacial score (nSPS) is 11.1. The standard InChI is InChI=1S/C21H17ClN4O/c1-14-2-6-16(7-3-14)20-18(13-25-26-20)10-17(11-23)21(27)24-12-15-4-8-19(22)9-5-15/h2-10,13H,12H2,1H3,(H,24,27)(H,25,26)/b17-10+. The minimum Gasteiger partial charge on any atom is -0.347 e. The molecule has 1 amide bonds. The van der Waals surface area contributed by atoms with Gasteiger partial charge in [0.2, 0.25) is 0 Å². The number of aryl methyl sites for hydroxylation is 1. The van der Waals surface area contributed by atoms with Gasteiger partial charge in [-0.25, -0.2) is 0 Å². The van der Waals surface area contributed by atoms with Gasteiger partial charge in [-0.2, -0.15) is 10.4 Å². The van der Waals surface area contributed by atoms with Crippen molar-refractivity contribution in [3.05, 3.63) is 82.0 Å². The third-order valence-electron chi connectivity index (χ3n) is 4.04. The SMILES string of the molecule is Cc1ccc(-c2[nH]ncc2/C=C(\C#N)C(=O)NCc2ccc(Cl)cc2)cc1. The lowest BCUT2D eigenvalue weighted by Gasteiger charge is -2.05. The van der Waals surface area contributed by atoms with Crippen molar-refractivity contribution in [2.24, 2.45) is 0 Å². The minimum absolute atomic E-state index is 0.0127. The van der Waals surface area contributed by atoms with Crippen molar-refractivity contribution in [2.45, 2.75) is 13.5 Å². The molecule has 0 radical (unpaired) electrons. The molecule has 0 fully saturated rings. The second-order valence-electron chi connectivity index (χ2n) is 6.05. The van der Waals surface area contributed by atoms with Crippen LogP contribution in [-0.4, -0.2) is 16.1 Å². The van der Waals surface area contributed by atoms with Crippen LogP contribution in [0.4, 0.5) is 0 Å². The van der Waals surface area contributed by atoms with Crippen LogP contribution in [0.25, 0.3) is 17.3 Å². The predicted octanol–water partition coefficient (Wildman–Crippen LogP) is 4.26. The number of aromatic amines is 1. The Balaban J connectivity index is 1.77. The van der Waals surface area contributed by atoms with E-state index >= 15 is 0 Å². The first-order valence-electron chi connectivity index (χ1n) is 8.31.